The molecule has 9 heteroatoms. The normalized spacial score (nSPS) is 21.7. The molecule has 1 saturated carbocycles. The lowest BCUT2D eigenvalue weighted by Gasteiger charge is -2.40. The Morgan fingerprint density at radius 1 is 1.11 bits per heavy atom. The number of Topliss-reactive ketones (excluding diaryl/α,β-unsaturated/α-hetero) is 1. The van der Waals surface area contributed by atoms with Gasteiger partial charge < -0.3 is 29.3 Å². The maximum atomic E-state index is 14.2. The van der Waals surface area contributed by atoms with Gasteiger partial charge in [0.15, 0.2) is 5.60 Å². The SMILES string of the molecule is CCOC[C@H](CC(=O)[C@@H]1CNC[C@H](C(=O)N(c2ccc3c(c2)N(CCCOC)C(=O)C(C)(C)O3)C2CC2)C1)c1ccccc1. The molecular formula is C35H47N3O6. The van der Waals surface area contributed by atoms with Gasteiger partial charge in [-0.25, -0.2) is 0 Å². The van der Waals surface area contributed by atoms with Crippen molar-refractivity contribution in [1.82, 2.24) is 5.32 Å². The number of hydrogen-bond acceptors (Lipinski definition) is 7. The number of carbonyl (C=O) groups excluding carboxylic acids is 3. The third-order valence-electron chi connectivity index (χ3n) is 8.91. The largest absolute Gasteiger partial charge is 0.476 e. The molecule has 238 valence electrons. The zero-order chi connectivity index (χ0) is 31.3. The summed E-state index contributed by atoms with van der Waals surface area (Å²) in [5.74, 6) is 0.147. The summed E-state index contributed by atoms with van der Waals surface area (Å²) in [6.45, 7) is 8.77. The first-order valence-corrected chi connectivity index (χ1v) is 16.1. The number of amides is 2. The number of hydrogen-bond donors (Lipinski definition) is 1. The van der Waals surface area contributed by atoms with E-state index in [9.17, 15) is 14.4 Å². The summed E-state index contributed by atoms with van der Waals surface area (Å²) in [5.41, 5.74) is 1.56. The van der Waals surface area contributed by atoms with Crippen molar-refractivity contribution in [3.63, 3.8) is 0 Å². The summed E-state index contributed by atoms with van der Waals surface area (Å²) in [7, 11) is 1.65. The molecule has 1 N–H and O–H groups in total. The predicted molar refractivity (Wildman–Crippen MR) is 170 cm³/mol. The summed E-state index contributed by atoms with van der Waals surface area (Å²) in [4.78, 5) is 44.8. The van der Waals surface area contributed by atoms with E-state index in [2.05, 4.69) is 5.32 Å². The van der Waals surface area contributed by atoms with Gasteiger partial charge in [-0.3, -0.25) is 14.4 Å². The minimum atomic E-state index is -0.981. The predicted octanol–water partition coefficient (Wildman–Crippen LogP) is 4.73. The van der Waals surface area contributed by atoms with Gasteiger partial charge in [-0.15, -0.1) is 0 Å². The molecule has 3 atom stereocenters. The molecule has 2 aromatic rings. The highest BCUT2D eigenvalue weighted by Gasteiger charge is 2.43. The quantitative estimate of drug-likeness (QED) is 0.311. The van der Waals surface area contributed by atoms with Gasteiger partial charge in [0.2, 0.25) is 5.91 Å². The van der Waals surface area contributed by atoms with Crippen LogP contribution in [-0.4, -0.2) is 75.8 Å². The Labute approximate surface area is 261 Å². The number of fused-ring (bicyclic) bond motifs is 1. The molecule has 0 bridgehead atoms. The van der Waals surface area contributed by atoms with Crippen LogP contribution in [-0.2, 0) is 23.9 Å². The maximum absolute atomic E-state index is 14.2. The highest BCUT2D eigenvalue weighted by molar-refractivity contribution is 6.04. The fourth-order valence-corrected chi connectivity index (χ4v) is 6.39. The average Bonchev–Trinajstić information content (AvgIpc) is 3.87. The van der Waals surface area contributed by atoms with E-state index >= 15 is 0 Å². The number of rotatable bonds is 14. The molecule has 0 unspecified atom stereocenters. The molecule has 0 aromatic heterocycles. The van der Waals surface area contributed by atoms with Crippen LogP contribution >= 0.6 is 0 Å². The van der Waals surface area contributed by atoms with Crippen LogP contribution < -0.4 is 19.9 Å². The summed E-state index contributed by atoms with van der Waals surface area (Å²) in [5, 5.41) is 3.38. The fourth-order valence-electron chi connectivity index (χ4n) is 6.39. The Hall–Kier alpha value is -3.27. The third kappa shape index (κ3) is 7.33. The van der Waals surface area contributed by atoms with Crippen molar-refractivity contribution in [3.05, 3.63) is 54.1 Å². The smallest absolute Gasteiger partial charge is 0.270 e. The molecule has 2 aromatic carbocycles. The molecule has 2 heterocycles. The standard InChI is InChI=1S/C35H47N3O6/c1-5-43-23-27(24-10-7-6-8-11-24)19-31(39)25-18-26(22-36-21-25)33(40)38(28-12-13-28)29-14-15-32-30(20-29)37(16-9-17-42-4)34(41)35(2,3)44-32/h6-8,10-11,14-15,20,25-28,36H,5,9,12-13,16-19,21-23H2,1-4H3/t25-,26+,27-/m0/s1. The van der Waals surface area contributed by atoms with Gasteiger partial charge in [0, 0.05) is 69.9 Å². The first-order chi connectivity index (χ1) is 21.2. The lowest BCUT2D eigenvalue weighted by molar-refractivity contribution is -0.132. The zero-order valence-corrected chi connectivity index (χ0v) is 26.6. The number of nitrogens with zero attached hydrogens (tertiary/aromatic N) is 2. The molecule has 5 rings (SSSR count). The minimum Gasteiger partial charge on any atom is -0.476 e. The Kier molecular flexibility index (Phi) is 10.4. The van der Waals surface area contributed by atoms with Gasteiger partial charge in [0.05, 0.1) is 18.2 Å². The van der Waals surface area contributed by atoms with Crippen molar-refractivity contribution in [2.45, 2.75) is 70.4 Å². The van der Waals surface area contributed by atoms with Gasteiger partial charge in [-0.05, 0) is 70.2 Å². The van der Waals surface area contributed by atoms with E-state index in [0.29, 0.717) is 70.2 Å². The molecule has 3 aliphatic rings. The number of benzene rings is 2. The van der Waals surface area contributed by atoms with E-state index in [-0.39, 0.29) is 41.4 Å². The van der Waals surface area contributed by atoms with Gasteiger partial charge in [-0.2, -0.15) is 0 Å². The lowest BCUT2D eigenvalue weighted by atomic mass is 9.82. The molecule has 44 heavy (non-hydrogen) atoms. The number of methoxy groups -OCH3 is 1. The Morgan fingerprint density at radius 3 is 2.57 bits per heavy atom. The summed E-state index contributed by atoms with van der Waals surface area (Å²) >= 11 is 0. The van der Waals surface area contributed by atoms with Crippen molar-refractivity contribution in [2.75, 3.05) is 56.4 Å². The van der Waals surface area contributed by atoms with Crippen molar-refractivity contribution in [1.29, 1.82) is 0 Å². The minimum absolute atomic E-state index is 0.0140. The van der Waals surface area contributed by atoms with Gasteiger partial charge in [0.25, 0.3) is 5.91 Å². The number of carbonyl (C=O) groups is 3. The van der Waals surface area contributed by atoms with E-state index in [1.807, 2.05) is 60.4 Å². The Bertz CT molecular complexity index is 1310. The number of piperidine rings is 1. The van der Waals surface area contributed by atoms with E-state index in [1.165, 1.54) is 0 Å². The molecule has 2 amide bonds. The van der Waals surface area contributed by atoms with Crippen molar-refractivity contribution in [2.24, 2.45) is 11.8 Å². The first-order valence-electron chi connectivity index (χ1n) is 16.1. The van der Waals surface area contributed by atoms with Gasteiger partial charge in [-0.1, -0.05) is 30.3 Å². The summed E-state index contributed by atoms with van der Waals surface area (Å²) in [6.07, 6.45) is 3.46. The van der Waals surface area contributed by atoms with Crippen molar-refractivity contribution >= 4 is 29.0 Å². The second kappa shape index (κ2) is 14.2. The zero-order valence-electron chi connectivity index (χ0n) is 26.6. The monoisotopic (exact) mass is 605 g/mol. The molecule has 0 spiro atoms. The molecule has 9 nitrogen and oxygen atoms in total. The van der Waals surface area contributed by atoms with E-state index < -0.39 is 5.60 Å². The van der Waals surface area contributed by atoms with Crippen LogP contribution in [0.5, 0.6) is 5.75 Å². The van der Waals surface area contributed by atoms with E-state index in [0.717, 1.165) is 24.1 Å². The molecule has 1 aliphatic carbocycles. The summed E-state index contributed by atoms with van der Waals surface area (Å²) < 4.78 is 17.1. The van der Waals surface area contributed by atoms with E-state index in [4.69, 9.17) is 14.2 Å². The van der Waals surface area contributed by atoms with Gasteiger partial charge in [0.1, 0.15) is 11.5 Å². The number of ether oxygens (including phenoxy) is 3. The number of nitrogens with one attached hydrogen (secondary N) is 1. The maximum Gasteiger partial charge on any atom is 0.270 e. The second-order valence-electron chi connectivity index (χ2n) is 12.7. The van der Waals surface area contributed by atoms with Crippen LogP contribution in [0.1, 0.15) is 64.4 Å². The molecule has 2 aliphatic heterocycles. The molecule has 1 saturated heterocycles. The number of anilines is 2. The third-order valence-corrected chi connectivity index (χ3v) is 8.91. The van der Waals surface area contributed by atoms with E-state index in [1.54, 1.807) is 25.9 Å². The van der Waals surface area contributed by atoms with Crippen LogP contribution in [0, 0.1) is 11.8 Å². The Balaban J connectivity index is 1.32. The fraction of sp³-hybridized carbons (Fsp3) is 0.571. The van der Waals surface area contributed by atoms with Crippen LogP contribution in [0.25, 0.3) is 0 Å². The highest BCUT2D eigenvalue weighted by atomic mass is 16.5. The molecule has 0 radical (unpaired) electrons. The molecular weight excluding hydrogens is 558 g/mol. The van der Waals surface area contributed by atoms with Crippen LogP contribution in [0.3, 0.4) is 0 Å². The lowest BCUT2D eigenvalue weighted by Crippen LogP contribution is -2.53. The second-order valence-corrected chi connectivity index (χ2v) is 12.7. The van der Waals surface area contributed by atoms with Crippen molar-refractivity contribution in [3.8, 4) is 5.75 Å². The highest BCUT2D eigenvalue weighted by Crippen LogP contribution is 2.43. The first kappa shape index (κ1) is 32.1. The number of ketones is 1. The summed E-state index contributed by atoms with van der Waals surface area (Å²) in [6, 6.07) is 15.9. The average molecular weight is 606 g/mol. The van der Waals surface area contributed by atoms with Crippen LogP contribution in [0.15, 0.2) is 48.5 Å². The Morgan fingerprint density at radius 2 is 1.86 bits per heavy atom. The van der Waals surface area contributed by atoms with Crippen LogP contribution in [0.2, 0.25) is 0 Å². The van der Waals surface area contributed by atoms with Gasteiger partial charge >= 0.3 is 0 Å². The topological polar surface area (TPSA) is 97.4 Å². The molecule has 2 fully saturated rings. The van der Waals surface area contributed by atoms with Crippen LogP contribution in [0.4, 0.5) is 11.4 Å². The van der Waals surface area contributed by atoms with Crippen molar-refractivity contribution < 1.29 is 28.6 Å².